The summed E-state index contributed by atoms with van der Waals surface area (Å²) in [7, 11) is 0. The van der Waals surface area contributed by atoms with E-state index in [0.717, 1.165) is 0 Å². The van der Waals surface area contributed by atoms with Crippen LogP contribution in [-0.4, -0.2) is 17.3 Å². The van der Waals surface area contributed by atoms with Crippen LogP contribution in [0.25, 0.3) is 0 Å². The first-order valence-electron chi connectivity index (χ1n) is 4.41. The van der Waals surface area contributed by atoms with Crippen molar-refractivity contribution >= 4 is 6.09 Å². The molecule has 0 bridgehead atoms. The standard InChI is InChI=1S/C10H12FNO3/c1-6(13)9(15-10(12)14)7-4-2-3-5-8(7)11/h2-6,9,13H,1H3,(H2,12,14)/t6-,9+/m0/s1. The van der Waals surface area contributed by atoms with E-state index >= 15 is 0 Å². The molecule has 0 fully saturated rings. The number of aliphatic hydroxyl groups excluding tert-OH is 1. The van der Waals surface area contributed by atoms with Crippen molar-refractivity contribution in [3.05, 3.63) is 35.6 Å². The lowest BCUT2D eigenvalue weighted by Crippen LogP contribution is -2.25. The number of halogens is 1. The molecular weight excluding hydrogens is 201 g/mol. The van der Waals surface area contributed by atoms with Crippen molar-refractivity contribution in [2.45, 2.75) is 19.1 Å². The first-order valence-corrected chi connectivity index (χ1v) is 4.41. The highest BCUT2D eigenvalue weighted by molar-refractivity contribution is 5.65. The van der Waals surface area contributed by atoms with Crippen LogP contribution < -0.4 is 5.73 Å². The third-order valence-electron chi connectivity index (χ3n) is 1.89. The molecule has 1 aromatic carbocycles. The highest BCUT2D eigenvalue weighted by atomic mass is 19.1. The first-order chi connectivity index (χ1) is 7.02. The van der Waals surface area contributed by atoms with Gasteiger partial charge in [0.25, 0.3) is 0 Å². The number of rotatable bonds is 3. The van der Waals surface area contributed by atoms with E-state index in [1.165, 1.54) is 25.1 Å². The topological polar surface area (TPSA) is 72.6 Å². The molecule has 1 aromatic rings. The molecular formula is C10H12FNO3. The molecule has 0 saturated heterocycles. The van der Waals surface area contributed by atoms with Crippen LogP contribution in [-0.2, 0) is 4.74 Å². The number of benzene rings is 1. The maximum Gasteiger partial charge on any atom is 0.405 e. The molecule has 1 rings (SSSR count). The maximum absolute atomic E-state index is 13.3. The molecule has 82 valence electrons. The van der Waals surface area contributed by atoms with Gasteiger partial charge in [0.05, 0.1) is 6.10 Å². The monoisotopic (exact) mass is 213 g/mol. The van der Waals surface area contributed by atoms with E-state index in [1.54, 1.807) is 6.07 Å². The van der Waals surface area contributed by atoms with Gasteiger partial charge in [-0.25, -0.2) is 9.18 Å². The van der Waals surface area contributed by atoms with E-state index < -0.39 is 24.1 Å². The van der Waals surface area contributed by atoms with Gasteiger partial charge in [-0.05, 0) is 13.0 Å². The molecule has 0 heterocycles. The van der Waals surface area contributed by atoms with Crippen LogP contribution in [0.1, 0.15) is 18.6 Å². The van der Waals surface area contributed by atoms with Gasteiger partial charge in [0.1, 0.15) is 5.82 Å². The normalized spacial score (nSPS) is 14.3. The molecule has 4 nitrogen and oxygen atoms in total. The summed E-state index contributed by atoms with van der Waals surface area (Å²) in [4.78, 5) is 10.6. The number of carbonyl (C=O) groups is 1. The molecule has 0 aliphatic heterocycles. The first kappa shape index (κ1) is 11.5. The van der Waals surface area contributed by atoms with Gasteiger partial charge in [0.15, 0.2) is 6.10 Å². The maximum atomic E-state index is 13.3. The van der Waals surface area contributed by atoms with Crippen molar-refractivity contribution in [1.29, 1.82) is 0 Å². The minimum atomic E-state index is -1.08. The summed E-state index contributed by atoms with van der Waals surface area (Å²) in [5.41, 5.74) is 4.93. The molecule has 0 radical (unpaired) electrons. The van der Waals surface area contributed by atoms with Crippen molar-refractivity contribution < 1.29 is 19.0 Å². The Morgan fingerprint density at radius 1 is 1.53 bits per heavy atom. The average molecular weight is 213 g/mol. The number of aliphatic hydroxyl groups is 1. The number of ether oxygens (including phenoxy) is 1. The zero-order valence-corrected chi connectivity index (χ0v) is 8.18. The van der Waals surface area contributed by atoms with Crippen LogP contribution in [0.3, 0.4) is 0 Å². The van der Waals surface area contributed by atoms with Crippen LogP contribution in [0.2, 0.25) is 0 Å². The van der Waals surface area contributed by atoms with Crippen LogP contribution in [0.5, 0.6) is 0 Å². The Morgan fingerprint density at radius 3 is 2.60 bits per heavy atom. The van der Waals surface area contributed by atoms with E-state index in [-0.39, 0.29) is 5.56 Å². The van der Waals surface area contributed by atoms with Gasteiger partial charge >= 0.3 is 6.09 Å². The molecule has 5 heteroatoms. The highest BCUT2D eigenvalue weighted by Crippen LogP contribution is 2.23. The summed E-state index contributed by atoms with van der Waals surface area (Å²) in [5, 5.41) is 9.34. The molecule has 0 spiro atoms. The van der Waals surface area contributed by atoms with Gasteiger partial charge in [-0.3, -0.25) is 0 Å². The summed E-state index contributed by atoms with van der Waals surface area (Å²) in [5.74, 6) is -0.551. The van der Waals surface area contributed by atoms with Crippen LogP contribution >= 0.6 is 0 Å². The lowest BCUT2D eigenvalue weighted by atomic mass is 10.0. The van der Waals surface area contributed by atoms with Gasteiger partial charge in [0.2, 0.25) is 0 Å². The smallest absolute Gasteiger partial charge is 0.405 e. The number of hydrogen-bond acceptors (Lipinski definition) is 3. The molecule has 2 atom stereocenters. The Kier molecular flexibility index (Phi) is 3.62. The molecule has 3 N–H and O–H groups in total. The molecule has 0 saturated carbocycles. The highest BCUT2D eigenvalue weighted by Gasteiger charge is 2.23. The Bertz CT molecular complexity index is 354. The minimum Gasteiger partial charge on any atom is -0.439 e. The zero-order chi connectivity index (χ0) is 11.4. The number of carbonyl (C=O) groups excluding carboxylic acids is 1. The van der Waals surface area contributed by atoms with Crippen LogP contribution in [0, 0.1) is 5.82 Å². The summed E-state index contributed by atoms with van der Waals surface area (Å²) in [6.07, 6.45) is -3.16. The third kappa shape index (κ3) is 2.92. The van der Waals surface area contributed by atoms with E-state index in [1.807, 2.05) is 0 Å². The Labute approximate surface area is 86.5 Å². The number of primary amides is 1. The molecule has 0 aliphatic carbocycles. The molecule has 1 amide bonds. The molecule has 15 heavy (non-hydrogen) atoms. The number of nitrogens with two attached hydrogens (primary N) is 1. The SMILES string of the molecule is C[C@H](O)[C@@H](OC(N)=O)c1ccccc1F. The lowest BCUT2D eigenvalue weighted by Gasteiger charge is -2.19. The fraction of sp³-hybridized carbons (Fsp3) is 0.300. The fourth-order valence-electron chi connectivity index (χ4n) is 1.25. The van der Waals surface area contributed by atoms with Gasteiger partial charge in [0, 0.05) is 5.56 Å². The van der Waals surface area contributed by atoms with Crippen LogP contribution in [0.4, 0.5) is 9.18 Å². The van der Waals surface area contributed by atoms with E-state index in [0.29, 0.717) is 0 Å². The van der Waals surface area contributed by atoms with Crippen molar-refractivity contribution in [2.24, 2.45) is 5.73 Å². The quantitative estimate of drug-likeness (QED) is 0.795. The second-order valence-electron chi connectivity index (χ2n) is 3.12. The van der Waals surface area contributed by atoms with Gasteiger partial charge in [-0.2, -0.15) is 0 Å². The fourth-order valence-corrected chi connectivity index (χ4v) is 1.25. The predicted molar refractivity (Wildman–Crippen MR) is 51.5 cm³/mol. The van der Waals surface area contributed by atoms with E-state index in [9.17, 15) is 14.3 Å². The summed E-state index contributed by atoms with van der Waals surface area (Å²) < 4.78 is 17.9. The average Bonchev–Trinajstić information content (AvgIpc) is 2.15. The second-order valence-corrected chi connectivity index (χ2v) is 3.12. The van der Waals surface area contributed by atoms with Crippen molar-refractivity contribution in [3.8, 4) is 0 Å². The van der Waals surface area contributed by atoms with Crippen molar-refractivity contribution in [2.75, 3.05) is 0 Å². The third-order valence-corrected chi connectivity index (χ3v) is 1.89. The van der Waals surface area contributed by atoms with Crippen molar-refractivity contribution in [1.82, 2.24) is 0 Å². The Morgan fingerprint density at radius 2 is 2.13 bits per heavy atom. The predicted octanol–water partition coefficient (Wildman–Crippen LogP) is 1.34. The van der Waals surface area contributed by atoms with E-state index in [2.05, 4.69) is 4.74 Å². The molecule has 0 aromatic heterocycles. The minimum absolute atomic E-state index is 0.103. The largest absolute Gasteiger partial charge is 0.439 e. The van der Waals surface area contributed by atoms with Gasteiger partial charge < -0.3 is 15.6 Å². The van der Waals surface area contributed by atoms with Gasteiger partial charge in [-0.15, -0.1) is 0 Å². The van der Waals surface area contributed by atoms with Crippen LogP contribution in [0.15, 0.2) is 24.3 Å². The zero-order valence-electron chi connectivity index (χ0n) is 8.18. The molecule has 0 unspecified atom stereocenters. The number of hydrogen-bond donors (Lipinski definition) is 2. The Balaban J connectivity index is 2.99. The van der Waals surface area contributed by atoms with Gasteiger partial charge in [-0.1, -0.05) is 18.2 Å². The second kappa shape index (κ2) is 4.75. The number of amides is 1. The van der Waals surface area contributed by atoms with Crippen molar-refractivity contribution in [3.63, 3.8) is 0 Å². The lowest BCUT2D eigenvalue weighted by molar-refractivity contribution is 0.0129. The summed E-state index contributed by atoms with van der Waals surface area (Å²) in [6.45, 7) is 1.39. The van der Waals surface area contributed by atoms with E-state index in [4.69, 9.17) is 5.73 Å². The summed E-state index contributed by atoms with van der Waals surface area (Å²) >= 11 is 0. The molecule has 0 aliphatic rings. The summed E-state index contributed by atoms with van der Waals surface area (Å²) in [6, 6.07) is 5.73. The Hall–Kier alpha value is -1.62.